The molecule has 0 radical (unpaired) electrons. The van der Waals surface area contributed by atoms with Crippen LogP contribution in [-0.4, -0.2) is 4.98 Å². The molecule has 0 amide bonds. The van der Waals surface area contributed by atoms with Crippen molar-refractivity contribution in [2.75, 3.05) is 5.73 Å². The molecule has 1 aromatic heterocycles. The fraction of sp³-hybridized carbons (Fsp3) is 0.182. The van der Waals surface area contributed by atoms with Crippen LogP contribution in [0.25, 0.3) is 0 Å². The molecule has 16 heavy (non-hydrogen) atoms. The average molecular weight is 255 g/mol. The summed E-state index contributed by atoms with van der Waals surface area (Å²) in [5.41, 5.74) is 6.22. The number of nitrogens with two attached hydrogens (primary N) is 1. The lowest BCUT2D eigenvalue weighted by atomic mass is 10.3. The topological polar surface area (TPSA) is 48.1 Å². The van der Waals surface area contributed by atoms with E-state index >= 15 is 0 Å². The third-order valence-electron chi connectivity index (χ3n) is 1.98. The Hall–Kier alpha value is -1.26. The van der Waals surface area contributed by atoms with E-state index in [2.05, 4.69) is 4.98 Å². The van der Waals surface area contributed by atoms with E-state index in [1.165, 1.54) is 4.88 Å². The number of hydrogen-bond donors (Lipinski definition) is 1. The van der Waals surface area contributed by atoms with Crippen LogP contribution in [0.2, 0.25) is 5.02 Å². The Labute approximate surface area is 103 Å². The molecule has 0 fully saturated rings. The molecule has 0 aliphatic carbocycles. The van der Waals surface area contributed by atoms with Gasteiger partial charge < -0.3 is 10.5 Å². The predicted molar refractivity (Wildman–Crippen MR) is 67.0 cm³/mol. The molecular weight excluding hydrogens is 244 g/mol. The van der Waals surface area contributed by atoms with Crippen molar-refractivity contribution in [3.63, 3.8) is 0 Å². The van der Waals surface area contributed by atoms with E-state index in [1.54, 1.807) is 29.5 Å². The lowest BCUT2D eigenvalue weighted by Crippen LogP contribution is -1.95. The number of ether oxygens (including phenoxy) is 1. The lowest BCUT2D eigenvalue weighted by molar-refractivity contribution is 0.306. The summed E-state index contributed by atoms with van der Waals surface area (Å²) in [5.74, 6) is 0.628. The second-order valence-corrected chi connectivity index (χ2v) is 5.07. The van der Waals surface area contributed by atoms with Crippen LogP contribution in [-0.2, 0) is 6.61 Å². The van der Waals surface area contributed by atoms with Crippen molar-refractivity contribution in [3.05, 3.63) is 39.3 Å². The van der Waals surface area contributed by atoms with Crippen molar-refractivity contribution >= 4 is 28.6 Å². The molecule has 0 bridgehead atoms. The van der Waals surface area contributed by atoms with Crippen molar-refractivity contribution in [2.45, 2.75) is 13.5 Å². The van der Waals surface area contributed by atoms with Gasteiger partial charge in [-0.25, -0.2) is 4.98 Å². The standard InChI is InChI=1S/C11H11ClN2OS/c1-7-5-14-11(16-7)6-15-10-3-2-8(13)4-9(10)12/h2-5H,6,13H2,1H3. The number of benzene rings is 1. The highest BCUT2D eigenvalue weighted by atomic mass is 35.5. The number of nitrogens with zero attached hydrogens (tertiary/aromatic N) is 1. The highest BCUT2D eigenvalue weighted by Gasteiger charge is 2.04. The molecule has 1 heterocycles. The molecule has 1 aromatic carbocycles. The Morgan fingerprint density at radius 3 is 2.94 bits per heavy atom. The van der Waals surface area contributed by atoms with Gasteiger partial charge in [-0.2, -0.15) is 0 Å². The van der Waals surface area contributed by atoms with Gasteiger partial charge in [0, 0.05) is 16.8 Å². The van der Waals surface area contributed by atoms with Crippen molar-refractivity contribution in [1.29, 1.82) is 0 Å². The number of hydrogen-bond acceptors (Lipinski definition) is 4. The van der Waals surface area contributed by atoms with Gasteiger partial charge in [-0.3, -0.25) is 0 Å². The molecule has 5 heteroatoms. The minimum atomic E-state index is 0.433. The van der Waals surface area contributed by atoms with Gasteiger partial charge in [0.2, 0.25) is 0 Å². The Balaban J connectivity index is 2.04. The van der Waals surface area contributed by atoms with Crippen LogP contribution in [0.15, 0.2) is 24.4 Å². The predicted octanol–water partition coefficient (Wildman–Crippen LogP) is 3.27. The summed E-state index contributed by atoms with van der Waals surface area (Å²) in [5, 5.41) is 1.46. The Morgan fingerprint density at radius 1 is 1.50 bits per heavy atom. The molecule has 2 rings (SSSR count). The number of thiazole rings is 1. The Morgan fingerprint density at radius 2 is 2.31 bits per heavy atom. The summed E-state index contributed by atoms with van der Waals surface area (Å²) in [6.45, 7) is 2.44. The molecule has 2 aromatic rings. The van der Waals surface area contributed by atoms with Gasteiger partial charge in [-0.1, -0.05) is 11.6 Å². The van der Waals surface area contributed by atoms with Crippen LogP contribution in [0.1, 0.15) is 9.88 Å². The zero-order chi connectivity index (χ0) is 11.5. The zero-order valence-electron chi connectivity index (χ0n) is 8.74. The third-order valence-corrected chi connectivity index (χ3v) is 3.16. The quantitative estimate of drug-likeness (QED) is 0.856. The maximum absolute atomic E-state index is 5.98. The van der Waals surface area contributed by atoms with Crippen LogP contribution in [0.3, 0.4) is 0 Å². The smallest absolute Gasteiger partial charge is 0.140 e. The number of nitrogen functional groups attached to an aromatic ring is 1. The lowest BCUT2D eigenvalue weighted by Gasteiger charge is -2.06. The molecule has 0 atom stereocenters. The van der Waals surface area contributed by atoms with Gasteiger partial charge in [0.25, 0.3) is 0 Å². The number of aromatic nitrogens is 1. The Bertz CT molecular complexity index is 498. The second-order valence-electron chi connectivity index (χ2n) is 3.34. The fourth-order valence-electron chi connectivity index (χ4n) is 1.24. The van der Waals surface area contributed by atoms with E-state index in [0.29, 0.717) is 23.1 Å². The molecule has 0 saturated carbocycles. The molecule has 3 nitrogen and oxygen atoms in total. The van der Waals surface area contributed by atoms with Crippen LogP contribution in [0, 0.1) is 6.92 Å². The van der Waals surface area contributed by atoms with E-state index in [4.69, 9.17) is 22.1 Å². The summed E-state index contributed by atoms with van der Waals surface area (Å²) in [6, 6.07) is 5.19. The van der Waals surface area contributed by atoms with E-state index < -0.39 is 0 Å². The average Bonchev–Trinajstić information content (AvgIpc) is 2.63. The first-order valence-corrected chi connectivity index (χ1v) is 5.94. The highest BCUT2D eigenvalue weighted by molar-refractivity contribution is 7.11. The summed E-state index contributed by atoms with van der Waals surface area (Å²) < 4.78 is 5.55. The minimum absolute atomic E-state index is 0.433. The molecule has 0 unspecified atom stereocenters. The van der Waals surface area contributed by atoms with Crippen LogP contribution in [0.4, 0.5) is 5.69 Å². The summed E-state index contributed by atoms with van der Waals surface area (Å²) in [4.78, 5) is 5.37. The van der Waals surface area contributed by atoms with Crippen LogP contribution in [0.5, 0.6) is 5.75 Å². The number of anilines is 1. The molecule has 0 saturated heterocycles. The van der Waals surface area contributed by atoms with Gasteiger partial charge in [-0.05, 0) is 25.1 Å². The van der Waals surface area contributed by atoms with Crippen molar-refractivity contribution in [1.82, 2.24) is 4.98 Å². The monoisotopic (exact) mass is 254 g/mol. The van der Waals surface area contributed by atoms with Gasteiger partial charge in [0.1, 0.15) is 17.4 Å². The number of halogens is 1. The molecule has 84 valence electrons. The van der Waals surface area contributed by atoms with E-state index in [-0.39, 0.29) is 0 Å². The van der Waals surface area contributed by atoms with Crippen molar-refractivity contribution in [3.8, 4) is 5.75 Å². The SMILES string of the molecule is Cc1cnc(COc2ccc(N)cc2Cl)s1. The molecular formula is C11H11ClN2OS. The largest absolute Gasteiger partial charge is 0.485 e. The van der Waals surface area contributed by atoms with Crippen LogP contribution >= 0.6 is 22.9 Å². The third kappa shape index (κ3) is 2.65. The minimum Gasteiger partial charge on any atom is -0.485 e. The maximum Gasteiger partial charge on any atom is 0.140 e. The van der Waals surface area contributed by atoms with Gasteiger partial charge in [0.15, 0.2) is 0 Å². The molecule has 2 N–H and O–H groups in total. The molecule has 0 aliphatic heterocycles. The Kier molecular flexibility index (Phi) is 3.31. The maximum atomic E-state index is 5.98. The van der Waals surface area contributed by atoms with Crippen LogP contribution < -0.4 is 10.5 Å². The number of rotatable bonds is 3. The highest BCUT2D eigenvalue weighted by Crippen LogP contribution is 2.27. The first kappa shape index (κ1) is 11.2. The van der Waals surface area contributed by atoms with Crippen molar-refractivity contribution < 1.29 is 4.74 Å². The number of aryl methyl sites for hydroxylation is 1. The zero-order valence-corrected chi connectivity index (χ0v) is 10.3. The molecule has 0 aliphatic rings. The van der Waals surface area contributed by atoms with Gasteiger partial charge in [-0.15, -0.1) is 11.3 Å². The summed E-state index contributed by atoms with van der Waals surface area (Å²) >= 11 is 7.59. The van der Waals surface area contributed by atoms with E-state index in [9.17, 15) is 0 Å². The van der Waals surface area contributed by atoms with Crippen molar-refractivity contribution in [2.24, 2.45) is 0 Å². The van der Waals surface area contributed by atoms with Gasteiger partial charge >= 0.3 is 0 Å². The van der Waals surface area contributed by atoms with Gasteiger partial charge in [0.05, 0.1) is 5.02 Å². The first-order chi connectivity index (χ1) is 7.65. The molecule has 0 spiro atoms. The van der Waals surface area contributed by atoms with E-state index in [1.807, 2.05) is 13.1 Å². The fourth-order valence-corrected chi connectivity index (χ4v) is 2.19. The normalized spacial score (nSPS) is 10.4. The summed E-state index contributed by atoms with van der Waals surface area (Å²) in [7, 11) is 0. The first-order valence-electron chi connectivity index (χ1n) is 4.74. The van der Waals surface area contributed by atoms with E-state index in [0.717, 1.165) is 5.01 Å². The summed E-state index contributed by atoms with van der Waals surface area (Å²) in [6.07, 6.45) is 1.83. The second kappa shape index (κ2) is 4.72.